The van der Waals surface area contributed by atoms with Gasteiger partial charge in [-0.05, 0) is 23.6 Å². The zero-order valence-corrected chi connectivity index (χ0v) is 18.4. The first-order valence-corrected chi connectivity index (χ1v) is 10.7. The molecular weight excluding hydrogens is 390 g/mol. The molecule has 0 saturated carbocycles. The summed E-state index contributed by atoms with van der Waals surface area (Å²) >= 11 is 0. The lowest BCUT2D eigenvalue weighted by Gasteiger charge is -2.38. The SMILES string of the molecule is CC(C)c1ccc(OC2CCN(c3cc(=O)n(C)c4ccc(C#N)nc34)CC2C)nc1. The number of nitriles is 1. The summed E-state index contributed by atoms with van der Waals surface area (Å²) in [5.41, 5.74) is 3.63. The molecule has 0 amide bonds. The van der Waals surface area contributed by atoms with Gasteiger partial charge >= 0.3 is 0 Å². The van der Waals surface area contributed by atoms with Crippen LogP contribution >= 0.6 is 0 Å². The fourth-order valence-electron chi connectivity index (χ4n) is 4.09. The molecule has 0 aromatic carbocycles. The number of anilines is 1. The van der Waals surface area contributed by atoms with Crippen molar-refractivity contribution in [2.75, 3.05) is 18.0 Å². The van der Waals surface area contributed by atoms with Crippen LogP contribution in [0.4, 0.5) is 5.69 Å². The van der Waals surface area contributed by atoms with Crippen LogP contribution in [0.3, 0.4) is 0 Å². The molecule has 1 saturated heterocycles. The molecule has 4 heterocycles. The van der Waals surface area contributed by atoms with E-state index in [1.807, 2.05) is 12.3 Å². The van der Waals surface area contributed by atoms with Gasteiger partial charge in [0.15, 0.2) is 0 Å². The molecule has 0 aliphatic carbocycles. The Bertz CT molecular complexity index is 1190. The van der Waals surface area contributed by atoms with Crippen molar-refractivity contribution < 1.29 is 4.74 Å². The van der Waals surface area contributed by atoms with Gasteiger partial charge < -0.3 is 14.2 Å². The molecule has 0 N–H and O–H groups in total. The van der Waals surface area contributed by atoms with Crippen LogP contribution in [0.5, 0.6) is 5.88 Å². The maximum Gasteiger partial charge on any atom is 0.252 e. The molecule has 3 aromatic heterocycles. The third-order valence-corrected chi connectivity index (χ3v) is 6.05. The van der Waals surface area contributed by atoms with E-state index in [1.54, 1.807) is 29.8 Å². The summed E-state index contributed by atoms with van der Waals surface area (Å²) in [6.07, 6.45) is 2.74. The molecule has 1 aliphatic rings. The highest BCUT2D eigenvalue weighted by Gasteiger charge is 2.29. The molecule has 0 bridgehead atoms. The van der Waals surface area contributed by atoms with Crippen LogP contribution in [-0.2, 0) is 7.05 Å². The lowest BCUT2D eigenvalue weighted by atomic mass is 9.95. The zero-order chi connectivity index (χ0) is 22.1. The van der Waals surface area contributed by atoms with Crippen molar-refractivity contribution in [2.45, 2.75) is 39.2 Å². The standard InChI is InChI=1S/C24H27N5O2/c1-15(2)17-5-8-22(26-13-17)31-21-9-10-29(14-16(21)3)20-11-23(30)28(4)19-7-6-18(12-25)27-24(19)20/h5-8,11,13,15-16,21H,9-10,14H2,1-4H3. The van der Waals surface area contributed by atoms with E-state index >= 15 is 0 Å². The van der Waals surface area contributed by atoms with Gasteiger partial charge in [0.2, 0.25) is 5.88 Å². The third kappa shape index (κ3) is 4.11. The van der Waals surface area contributed by atoms with Gasteiger partial charge in [-0.25, -0.2) is 9.97 Å². The van der Waals surface area contributed by atoms with Gasteiger partial charge in [-0.15, -0.1) is 0 Å². The largest absolute Gasteiger partial charge is 0.474 e. The van der Waals surface area contributed by atoms with Crippen molar-refractivity contribution in [1.29, 1.82) is 5.26 Å². The average molecular weight is 418 g/mol. The number of hydrogen-bond donors (Lipinski definition) is 0. The van der Waals surface area contributed by atoms with Crippen molar-refractivity contribution in [3.8, 4) is 11.9 Å². The van der Waals surface area contributed by atoms with E-state index in [4.69, 9.17) is 4.74 Å². The van der Waals surface area contributed by atoms with E-state index in [0.717, 1.165) is 30.7 Å². The summed E-state index contributed by atoms with van der Waals surface area (Å²) in [6.45, 7) is 7.90. The lowest BCUT2D eigenvalue weighted by molar-refractivity contribution is 0.116. The number of ether oxygens (including phenoxy) is 1. The van der Waals surface area contributed by atoms with E-state index in [2.05, 4.69) is 47.8 Å². The zero-order valence-electron chi connectivity index (χ0n) is 18.4. The molecule has 3 aromatic rings. The number of fused-ring (bicyclic) bond motifs is 1. The fourth-order valence-corrected chi connectivity index (χ4v) is 4.09. The highest BCUT2D eigenvalue weighted by atomic mass is 16.5. The number of rotatable bonds is 4. The minimum absolute atomic E-state index is 0.0501. The highest BCUT2D eigenvalue weighted by molar-refractivity contribution is 5.88. The Morgan fingerprint density at radius 1 is 1.26 bits per heavy atom. The Balaban J connectivity index is 1.56. The quantitative estimate of drug-likeness (QED) is 0.645. The molecule has 0 radical (unpaired) electrons. The minimum Gasteiger partial charge on any atom is -0.474 e. The van der Waals surface area contributed by atoms with E-state index < -0.39 is 0 Å². The van der Waals surface area contributed by atoms with Crippen molar-refractivity contribution in [3.05, 3.63) is 58.1 Å². The van der Waals surface area contributed by atoms with Crippen LogP contribution in [-0.4, -0.2) is 33.7 Å². The molecule has 1 aliphatic heterocycles. The Morgan fingerprint density at radius 2 is 2.06 bits per heavy atom. The van der Waals surface area contributed by atoms with Crippen LogP contribution in [0.25, 0.3) is 11.0 Å². The summed E-state index contributed by atoms with van der Waals surface area (Å²) < 4.78 is 7.76. The van der Waals surface area contributed by atoms with E-state index in [1.165, 1.54) is 5.56 Å². The topological polar surface area (TPSA) is 84.0 Å². The van der Waals surface area contributed by atoms with E-state index in [-0.39, 0.29) is 17.6 Å². The maximum absolute atomic E-state index is 12.5. The Morgan fingerprint density at radius 3 is 2.71 bits per heavy atom. The van der Waals surface area contributed by atoms with Crippen LogP contribution in [0.2, 0.25) is 0 Å². The number of piperidine rings is 1. The first-order chi connectivity index (χ1) is 14.9. The van der Waals surface area contributed by atoms with Crippen molar-refractivity contribution in [2.24, 2.45) is 13.0 Å². The van der Waals surface area contributed by atoms with E-state index in [0.29, 0.717) is 23.0 Å². The normalized spacial score (nSPS) is 18.9. The number of hydrogen-bond acceptors (Lipinski definition) is 6. The molecule has 4 rings (SSSR count). The summed E-state index contributed by atoms with van der Waals surface area (Å²) in [6, 6.07) is 11.2. The predicted molar refractivity (Wildman–Crippen MR) is 120 cm³/mol. The summed E-state index contributed by atoms with van der Waals surface area (Å²) in [4.78, 5) is 23.7. The minimum atomic E-state index is -0.0884. The second-order valence-corrected chi connectivity index (χ2v) is 8.56. The second kappa shape index (κ2) is 8.38. The summed E-state index contributed by atoms with van der Waals surface area (Å²) in [7, 11) is 1.72. The third-order valence-electron chi connectivity index (χ3n) is 6.05. The van der Waals surface area contributed by atoms with Crippen LogP contribution in [0.1, 0.15) is 44.4 Å². The Hall–Kier alpha value is -3.40. The molecule has 160 valence electrons. The molecule has 7 nitrogen and oxygen atoms in total. The van der Waals surface area contributed by atoms with Gasteiger partial charge in [-0.3, -0.25) is 4.79 Å². The Kier molecular flexibility index (Phi) is 5.64. The smallest absolute Gasteiger partial charge is 0.252 e. The van der Waals surface area contributed by atoms with E-state index in [9.17, 15) is 10.1 Å². The van der Waals surface area contributed by atoms with Crippen LogP contribution in [0.15, 0.2) is 41.3 Å². The van der Waals surface area contributed by atoms with Gasteiger partial charge in [0, 0.05) is 50.8 Å². The van der Waals surface area contributed by atoms with Crippen molar-refractivity contribution in [1.82, 2.24) is 14.5 Å². The highest BCUT2D eigenvalue weighted by Crippen LogP contribution is 2.30. The molecular formula is C24H27N5O2. The number of aromatic nitrogens is 3. The van der Waals surface area contributed by atoms with Gasteiger partial charge in [-0.1, -0.05) is 26.8 Å². The Labute approximate surface area is 181 Å². The van der Waals surface area contributed by atoms with Crippen molar-refractivity contribution in [3.63, 3.8) is 0 Å². The number of nitrogens with zero attached hydrogens (tertiary/aromatic N) is 5. The van der Waals surface area contributed by atoms with Crippen LogP contribution < -0.4 is 15.2 Å². The van der Waals surface area contributed by atoms with Gasteiger partial charge in [-0.2, -0.15) is 5.26 Å². The monoisotopic (exact) mass is 417 g/mol. The lowest BCUT2D eigenvalue weighted by Crippen LogP contribution is -2.45. The molecule has 1 fully saturated rings. The number of pyridine rings is 3. The fraction of sp³-hybridized carbons (Fsp3) is 0.417. The van der Waals surface area contributed by atoms with Crippen LogP contribution in [0, 0.1) is 17.2 Å². The molecule has 7 heteroatoms. The summed E-state index contributed by atoms with van der Waals surface area (Å²) in [5, 5.41) is 9.27. The van der Waals surface area contributed by atoms with Gasteiger partial charge in [0.1, 0.15) is 23.4 Å². The summed E-state index contributed by atoms with van der Waals surface area (Å²) in [5.74, 6) is 1.32. The average Bonchev–Trinajstić information content (AvgIpc) is 2.77. The molecule has 0 spiro atoms. The van der Waals surface area contributed by atoms with Crippen molar-refractivity contribution >= 4 is 16.7 Å². The van der Waals surface area contributed by atoms with Gasteiger partial charge in [0.05, 0.1) is 11.2 Å². The predicted octanol–water partition coefficient (Wildman–Crippen LogP) is 3.62. The molecule has 31 heavy (non-hydrogen) atoms. The van der Waals surface area contributed by atoms with Gasteiger partial charge in [0.25, 0.3) is 5.56 Å². The maximum atomic E-state index is 12.5. The number of aryl methyl sites for hydroxylation is 1. The molecule has 2 atom stereocenters. The molecule has 2 unspecified atom stereocenters. The first kappa shape index (κ1) is 20.9. The second-order valence-electron chi connectivity index (χ2n) is 8.56. The first-order valence-electron chi connectivity index (χ1n) is 10.7.